The van der Waals surface area contributed by atoms with E-state index in [-0.39, 0.29) is 25.9 Å². The van der Waals surface area contributed by atoms with Gasteiger partial charge in [0.2, 0.25) is 0 Å². The molecular weight excluding hydrogens is 357 g/mol. The van der Waals surface area contributed by atoms with Crippen LogP contribution in [0.5, 0.6) is 0 Å². The van der Waals surface area contributed by atoms with Crippen molar-refractivity contribution in [2.24, 2.45) is 0 Å². The summed E-state index contributed by atoms with van der Waals surface area (Å²) in [4.78, 5) is 0. The fourth-order valence-corrected chi connectivity index (χ4v) is 1.30. The summed E-state index contributed by atoms with van der Waals surface area (Å²) in [5.74, 6) is 0. The molecule has 2 rings (SSSR count). The van der Waals surface area contributed by atoms with Crippen LogP contribution in [0, 0.1) is 6.07 Å². The maximum atomic E-state index is 9.00. The van der Waals surface area contributed by atoms with Crippen molar-refractivity contribution < 1.29 is 34.3 Å². The second-order valence-electron chi connectivity index (χ2n) is 3.26. The van der Waals surface area contributed by atoms with Crippen LogP contribution < -0.4 is 5.73 Å². The van der Waals surface area contributed by atoms with E-state index in [1.807, 2.05) is 48.5 Å². The number of para-hydroxylation sites is 1. The van der Waals surface area contributed by atoms with Gasteiger partial charge in [0.05, 0.1) is 0 Å². The molecule has 4 N–H and O–H groups in total. The van der Waals surface area contributed by atoms with Crippen LogP contribution in [0.4, 0.5) is 5.69 Å². The topological polar surface area (TPSA) is 91.7 Å². The normalized spacial score (nSPS) is 8.53. The number of hydrogen-bond acceptors (Lipinski definition) is 4. The van der Waals surface area contributed by atoms with Gasteiger partial charge in [-0.1, -0.05) is 40.7 Å². The minimum Gasteiger partial charge on any atom is -0.424 e. The van der Waals surface area contributed by atoms with Crippen LogP contribution >= 0.6 is 0 Å². The summed E-state index contributed by atoms with van der Waals surface area (Å²) in [5, 5.41) is 0. The summed E-state index contributed by atoms with van der Waals surface area (Å²) in [5.41, 5.74) is 8.72. The first-order valence-electron chi connectivity index (χ1n) is 4.93. The van der Waals surface area contributed by atoms with Crippen molar-refractivity contribution >= 4 is 16.4 Å². The third-order valence-electron chi connectivity index (χ3n) is 1.96. The van der Waals surface area contributed by atoms with Gasteiger partial charge in [-0.3, -0.25) is 0 Å². The van der Waals surface area contributed by atoms with E-state index in [1.165, 1.54) is 0 Å². The fourth-order valence-electron chi connectivity index (χ4n) is 1.30. The molecular formula is C13H15NO3PdS. The van der Waals surface area contributed by atoms with E-state index in [4.69, 9.17) is 14.2 Å². The molecule has 0 aliphatic carbocycles. The van der Waals surface area contributed by atoms with Crippen molar-refractivity contribution in [3.63, 3.8) is 0 Å². The van der Waals surface area contributed by atoms with E-state index >= 15 is 0 Å². The molecule has 0 saturated heterocycles. The Labute approximate surface area is 128 Å². The average molecular weight is 372 g/mol. The SMILES string of the molecule is C[S-](=O)=O.Nc1ccccc1-c1[c-]cccc1.O.[Pd+2]. The largest absolute Gasteiger partial charge is 2.00 e. The standard InChI is InChI=1S/C12H10N.CH3O2S.H2O.Pd/c13-12-9-5-4-8-11(12)10-6-2-1-3-7-10;1-4(2)3;;/h1-6,8-9H,13H2;1H3;1H2;/q2*-1;;+2. The summed E-state index contributed by atoms with van der Waals surface area (Å²) in [6.07, 6.45) is 1.08. The monoisotopic (exact) mass is 371 g/mol. The van der Waals surface area contributed by atoms with Gasteiger partial charge in [0, 0.05) is 0 Å². The van der Waals surface area contributed by atoms with Crippen molar-refractivity contribution in [1.82, 2.24) is 0 Å². The Bertz CT molecular complexity index is 537. The first kappa shape index (κ1) is 20.1. The zero-order chi connectivity index (χ0) is 12.7. The van der Waals surface area contributed by atoms with E-state index < -0.39 is 10.7 Å². The van der Waals surface area contributed by atoms with Crippen molar-refractivity contribution in [2.75, 3.05) is 12.0 Å². The van der Waals surface area contributed by atoms with Crippen LogP contribution in [0.15, 0.2) is 48.5 Å². The van der Waals surface area contributed by atoms with E-state index in [0.717, 1.165) is 23.1 Å². The summed E-state index contributed by atoms with van der Waals surface area (Å²) in [7, 11) is -1.86. The molecule has 2 aromatic rings. The molecule has 2 aromatic carbocycles. The maximum Gasteiger partial charge on any atom is 2.00 e. The number of rotatable bonds is 1. The number of hydrogen-bond donors (Lipinski definition) is 1. The molecule has 0 aliphatic heterocycles. The molecule has 0 radical (unpaired) electrons. The molecule has 106 valence electrons. The molecule has 0 aliphatic rings. The zero-order valence-corrected chi connectivity index (χ0v) is 12.6. The quantitative estimate of drug-likeness (QED) is 0.359. The molecule has 0 unspecified atom stereocenters. The Morgan fingerprint density at radius 3 is 2.05 bits per heavy atom. The fraction of sp³-hybridized carbons (Fsp3) is 0.0769. The van der Waals surface area contributed by atoms with Gasteiger partial charge in [-0.2, -0.15) is 0 Å². The van der Waals surface area contributed by atoms with E-state index in [0.29, 0.717) is 0 Å². The maximum absolute atomic E-state index is 9.00. The molecule has 0 atom stereocenters. The zero-order valence-electron chi connectivity index (χ0n) is 10.2. The molecule has 0 fully saturated rings. The Kier molecular flexibility index (Phi) is 11.3. The second kappa shape index (κ2) is 10.7. The van der Waals surface area contributed by atoms with Crippen LogP contribution in [0.2, 0.25) is 0 Å². The first-order chi connectivity index (χ1) is 8.11. The average Bonchev–Trinajstić information content (AvgIpc) is 2.30. The van der Waals surface area contributed by atoms with Crippen molar-refractivity contribution in [3.8, 4) is 11.1 Å². The number of benzene rings is 2. The smallest absolute Gasteiger partial charge is 0.424 e. The Balaban J connectivity index is 0. The van der Waals surface area contributed by atoms with Crippen molar-refractivity contribution in [1.29, 1.82) is 0 Å². The number of anilines is 1. The summed E-state index contributed by atoms with van der Waals surface area (Å²) >= 11 is 0. The van der Waals surface area contributed by atoms with Gasteiger partial charge in [0.15, 0.2) is 0 Å². The van der Waals surface area contributed by atoms with Crippen LogP contribution in [0.3, 0.4) is 0 Å². The molecule has 0 heterocycles. The van der Waals surface area contributed by atoms with Gasteiger partial charge in [-0.15, -0.1) is 35.9 Å². The Morgan fingerprint density at radius 2 is 1.58 bits per heavy atom. The minimum atomic E-state index is -1.86. The van der Waals surface area contributed by atoms with Gasteiger partial charge in [0.1, 0.15) is 0 Å². The van der Waals surface area contributed by atoms with Gasteiger partial charge < -0.3 is 19.6 Å². The first-order valence-corrected chi connectivity index (χ1v) is 6.42. The van der Waals surface area contributed by atoms with E-state index in [9.17, 15) is 0 Å². The summed E-state index contributed by atoms with van der Waals surface area (Å²) in [6, 6.07) is 18.8. The number of nitrogens with two attached hydrogens (primary N) is 1. The summed E-state index contributed by atoms with van der Waals surface area (Å²) in [6.45, 7) is 0. The number of nitrogen functional groups attached to an aromatic ring is 1. The van der Waals surface area contributed by atoms with Gasteiger partial charge >= 0.3 is 20.4 Å². The molecule has 4 nitrogen and oxygen atoms in total. The van der Waals surface area contributed by atoms with Crippen LogP contribution in [0.1, 0.15) is 0 Å². The van der Waals surface area contributed by atoms with Crippen LogP contribution in [-0.4, -0.2) is 11.7 Å². The molecule has 6 heteroatoms. The van der Waals surface area contributed by atoms with Crippen LogP contribution in [0.25, 0.3) is 11.1 Å². The molecule has 0 saturated carbocycles. The molecule has 19 heavy (non-hydrogen) atoms. The van der Waals surface area contributed by atoms with Crippen LogP contribution in [-0.2, 0) is 39.5 Å². The van der Waals surface area contributed by atoms with Crippen molar-refractivity contribution in [2.45, 2.75) is 0 Å². The van der Waals surface area contributed by atoms with Gasteiger partial charge in [-0.05, 0) is 11.8 Å². The third kappa shape index (κ3) is 7.75. The molecule has 0 amide bonds. The molecule has 0 bridgehead atoms. The predicted molar refractivity (Wildman–Crippen MR) is 73.4 cm³/mol. The Morgan fingerprint density at radius 1 is 1.05 bits per heavy atom. The van der Waals surface area contributed by atoms with E-state index in [1.54, 1.807) is 0 Å². The minimum absolute atomic E-state index is 0. The Hall–Kier alpha value is -1.19. The van der Waals surface area contributed by atoms with Gasteiger partial charge in [-0.25, -0.2) is 0 Å². The van der Waals surface area contributed by atoms with Gasteiger partial charge in [0.25, 0.3) is 0 Å². The van der Waals surface area contributed by atoms with Crippen molar-refractivity contribution in [3.05, 3.63) is 54.6 Å². The predicted octanol–water partition coefficient (Wildman–Crippen LogP) is 1.83. The molecule has 0 aromatic heterocycles. The summed E-state index contributed by atoms with van der Waals surface area (Å²) < 4.78 is 18.0. The van der Waals surface area contributed by atoms with E-state index in [2.05, 4.69) is 6.07 Å². The molecule has 0 spiro atoms. The second-order valence-corrected chi connectivity index (χ2v) is 4.07. The third-order valence-corrected chi connectivity index (χ3v) is 1.96.